The maximum absolute atomic E-state index is 13.0. The van der Waals surface area contributed by atoms with Crippen molar-refractivity contribution in [2.75, 3.05) is 26.3 Å². The maximum atomic E-state index is 13.0. The van der Waals surface area contributed by atoms with Crippen LogP contribution < -0.4 is 5.32 Å². The molecule has 1 aliphatic heterocycles. The van der Waals surface area contributed by atoms with Gasteiger partial charge in [-0.15, -0.1) is 0 Å². The fourth-order valence-corrected chi connectivity index (χ4v) is 4.64. The molecule has 0 bridgehead atoms. The van der Waals surface area contributed by atoms with E-state index in [0.29, 0.717) is 44.8 Å². The second-order valence-electron chi connectivity index (χ2n) is 6.69. The topological polar surface area (TPSA) is 75.7 Å². The minimum atomic E-state index is -3.59. The zero-order chi connectivity index (χ0) is 20.0. The van der Waals surface area contributed by atoms with Crippen LogP contribution >= 0.6 is 0 Å². The van der Waals surface area contributed by atoms with Crippen LogP contribution in [-0.2, 0) is 27.7 Å². The van der Waals surface area contributed by atoms with Gasteiger partial charge in [0.15, 0.2) is 0 Å². The number of amides is 1. The lowest BCUT2D eigenvalue weighted by Gasteiger charge is -2.28. The van der Waals surface area contributed by atoms with Crippen molar-refractivity contribution < 1.29 is 17.9 Å². The first kappa shape index (κ1) is 20.5. The van der Waals surface area contributed by atoms with Crippen molar-refractivity contribution in [1.29, 1.82) is 0 Å². The molecule has 0 unspecified atom stereocenters. The zero-order valence-electron chi connectivity index (χ0n) is 16.1. The molecule has 2 aromatic rings. The first-order valence-electron chi connectivity index (χ1n) is 9.55. The van der Waals surface area contributed by atoms with Crippen molar-refractivity contribution in [2.45, 2.75) is 31.2 Å². The number of benzene rings is 2. The lowest BCUT2D eigenvalue weighted by atomic mass is 10.0. The standard InChI is InChI=1S/C21H26N2O4S/c1-2-27-15-5-13-22-21(24)18-8-10-20(11-9-18)28(25,26)23-14-12-17-6-3-4-7-19(17)16-23/h3-4,6-11H,2,5,12-16H2,1H3,(H,22,24). The Balaban J connectivity index is 1.63. The van der Waals surface area contributed by atoms with E-state index in [9.17, 15) is 13.2 Å². The third-order valence-corrected chi connectivity index (χ3v) is 6.66. The minimum absolute atomic E-state index is 0.208. The van der Waals surface area contributed by atoms with E-state index in [2.05, 4.69) is 5.32 Å². The van der Waals surface area contributed by atoms with E-state index in [1.807, 2.05) is 31.2 Å². The first-order valence-corrected chi connectivity index (χ1v) is 11.0. The molecule has 3 rings (SSSR count). The summed E-state index contributed by atoms with van der Waals surface area (Å²) < 4.78 is 32.7. The van der Waals surface area contributed by atoms with Crippen molar-refractivity contribution in [3.05, 3.63) is 65.2 Å². The van der Waals surface area contributed by atoms with Gasteiger partial charge in [-0.2, -0.15) is 4.31 Å². The number of rotatable bonds is 8. The number of nitrogens with one attached hydrogen (secondary N) is 1. The molecule has 1 aliphatic rings. The van der Waals surface area contributed by atoms with Crippen LogP contribution in [0.1, 0.15) is 34.8 Å². The number of carbonyl (C=O) groups excluding carboxylic acids is 1. The Labute approximate surface area is 166 Å². The van der Waals surface area contributed by atoms with Gasteiger partial charge in [0.2, 0.25) is 10.0 Å². The molecule has 2 aromatic carbocycles. The zero-order valence-corrected chi connectivity index (χ0v) is 16.9. The average Bonchev–Trinajstić information content (AvgIpc) is 2.73. The molecule has 1 amide bonds. The molecule has 6 nitrogen and oxygen atoms in total. The van der Waals surface area contributed by atoms with Crippen molar-refractivity contribution in [1.82, 2.24) is 9.62 Å². The Morgan fingerprint density at radius 3 is 2.54 bits per heavy atom. The summed E-state index contributed by atoms with van der Waals surface area (Å²) >= 11 is 0. The van der Waals surface area contributed by atoms with Gasteiger partial charge in [-0.05, 0) is 55.2 Å². The van der Waals surface area contributed by atoms with Gasteiger partial charge >= 0.3 is 0 Å². The summed E-state index contributed by atoms with van der Waals surface area (Å²) in [5, 5.41) is 2.81. The monoisotopic (exact) mass is 402 g/mol. The van der Waals surface area contributed by atoms with Gasteiger partial charge in [0.1, 0.15) is 0 Å². The summed E-state index contributed by atoms with van der Waals surface area (Å²) in [7, 11) is -3.59. The molecule has 150 valence electrons. The third kappa shape index (κ3) is 4.79. The molecule has 0 spiro atoms. The molecule has 28 heavy (non-hydrogen) atoms. The van der Waals surface area contributed by atoms with Gasteiger partial charge in [-0.25, -0.2) is 8.42 Å². The minimum Gasteiger partial charge on any atom is -0.382 e. The van der Waals surface area contributed by atoms with Gasteiger partial charge in [0, 0.05) is 38.4 Å². The summed E-state index contributed by atoms with van der Waals surface area (Å²) in [4.78, 5) is 12.4. The number of carbonyl (C=O) groups is 1. The predicted octanol–water partition coefficient (Wildman–Crippen LogP) is 2.59. The van der Waals surface area contributed by atoms with Crippen LogP contribution in [0.25, 0.3) is 0 Å². The van der Waals surface area contributed by atoms with Gasteiger partial charge < -0.3 is 10.1 Å². The van der Waals surface area contributed by atoms with Gasteiger partial charge in [-0.1, -0.05) is 24.3 Å². The highest BCUT2D eigenvalue weighted by Crippen LogP contribution is 2.25. The number of fused-ring (bicyclic) bond motifs is 1. The van der Waals surface area contributed by atoms with Crippen LogP contribution in [0.4, 0.5) is 0 Å². The van der Waals surface area contributed by atoms with E-state index in [0.717, 1.165) is 12.0 Å². The number of nitrogens with zero attached hydrogens (tertiary/aromatic N) is 1. The molecular weight excluding hydrogens is 376 g/mol. The molecule has 1 N–H and O–H groups in total. The molecule has 1 heterocycles. The molecular formula is C21H26N2O4S. The highest BCUT2D eigenvalue weighted by molar-refractivity contribution is 7.89. The van der Waals surface area contributed by atoms with Crippen molar-refractivity contribution in [3.63, 3.8) is 0 Å². The second-order valence-corrected chi connectivity index (χ2v) is 8.63. The van der Waals surface area contributed by atoms with Gasteiger partial charge in [0.05, 0.1) is 4.90 Å². The summed E-state index contributed by atoms with van der Waals surface area (Å²) in [6, 6.07) is 14.0. The van der Waals surface area contributed by atoms with Crippen molar-refractivity contribution in [2.24, 2.45) is 0 Å². The van der Waals surface area contributed by atoms with E-state index in [1.165, 1.54) is 22.0 Å². The average molecular weight is 403 g/mol. The van der Waals surface area contributed by atoms with Crippen LogP contribution in [0.15, 0.2) is 53.4 Å². The van der Waals surface area contributed by atoms with Gasteiger partial charge in [0.25, 0.3) is 5.91 Å². The van der Waals surface area contributed by atoms with E-state index >= 15 is 0 Å². The number of ether oxygens (including phenoxy) is 1. The van der Waals surface area contributed by atoms with Crippen molar-refractivity contribution >= 4 is 15.9 Å². The normalized spacial score (nSPS) is 14.5. The SMILES string of the molecule is CCOCCCNC(=O)c1ccc(S(=O)(=O)N2CCc3ccccc3C2)cc1. The molecule has 0 aliphatic carbocycles. The number of sulfonamides is 1. The summed E-state index contributed by atoms with van der Waals surface area (Å²) in [6.45, 7) is 4.55. The number of hydrogen-bond donors (Lipinski definition) is 1. The van der Waals surface area contributed by atoms with Crippen LogP contribution in [0.2, 0.25) is 0 Å². The molecule has 0 saturated carbocycles. The highest BCUT2D eigenvalue weighted by Gasteiger charge is 2.28. The summed E-state index contributed by atoms with van der Waals surface area (Å²) in [5.41, 5.74) is 2.69. The molecule has 0 saturated heterocycles. The summed E-state index contributed by atoms with van der Waals surface area (Å²) in [6.07, 6.45) is 1.44. The van der Waals surface area contributed by atoms with Crippen LogP contribution in [0.3, 0.4) is 0 Å². The second kappa shape index (κ2) is 9.32. The lowest BCUT2D eigenvalue weighted by molar-refractivity contribution is 0.0944. The van der Waals surface area contributed by atoms with Gasteiger partial charge in [-0.3, -0.25) is 4.79 Å². The van der Waals surface area contributed by atoms with E-state index < -0.39 is 10.0 Å². The Morgan fingerprint density at radius 2 is 1.82 bits per heavy atom. The quantitative estimate of drug-likeness (QED) is 0.689. The molecule has 0 fully saturated rings. The smallest absolute Gasteiger partial charge is 0.251 e. The predicted molar refractivity (Wildman–Crippen MR) is 108 cm³/mol. The fraction of sp³-hybridized carbons (Fsp3) is 0.381. The lowest BCUT2D eigenvalue weighted by Crippen LogP contribution is -2.36. The molecule has 0 atom stereocenters. The molecule has 0 aromatic heterocycles. The largest absolute Gasteiger partial charge is 0.382 e. The first-order chi connectivity index (χ1) is 13.5. The highest BCUT2D eigenvalue weighted by atomic mass is 32.2. The fourth-order valence-electron chi connectivity index (χ4n) is 3.22. The van der Waals surface area contributed by atoms with E-state index in [4.69, 9.17) is 4.74 Å². The van der Waals surface area contributed by atoms with E-state index in [1.54, 1.807) is 12.1 Å². The Kier molecular flexibility index (Phi) is 6.83. The number of hydrogen-bond acceptors (Lipinski definition) is 4. The third-order valence-electron chi connectivity index (χ3n) is 4.81. The van der Waals surface area contributed by atoms with Crippen molar-refractivity contribution in [3.8, 4) is 0 Å². The molecule has 7 heteroatoms. The van der Waals surface area contributed by atoms with Crippen LogP contribution in [0, 0.1) is 0 Å². The van der Waals surface area contributed by atoms with Crippen LogP contribution in [-0.4, -0.2) is 44.9 Å². The maximum Gasteiger partial charge on any atom is 0.251 e. The van der Waals surface area contributed by atoms with E-state index in [-0.39, 0.29) is 10.8 Å². The molecule has 0 radical (unpaired) electrons. The van der Waals surface area contributed by atoms with Crippen LogP contribution in [0.5, 0.6) is 0 Å². The summed E-state index contributed by atoms with van der Waals surface area (Å²) in [5.74, 6) is -0.215. The Hall–Kier alpha value is -2.22. The Bertz CT molecular complexity index is 910. The Morgan fingerprint density at radius 1 is 1.11 bits per heavy atom.